The van der Waals surface area contributed by atoms with E-state index in [4.69, 9.17) is 4.99 Å². The summed E-state index contributed by atoms with van der Waals surface area (Å²) in [6.07, 6.45) is 2.77. The Bertz CT molecular complexity index is 720. The van der Waals surface area contributed by atoms with Gasteiger partial charge in [0.25, 0.3) is 0 Å². The van der Waals surface area contributed by atoms with Crippen LogP contribution in [-0.2, 0) is 6.42 Å². The fourth-order valence-corrected chi connectivity index (χ4v) is 3.39. The summed E-state index contributed by atoms with van der Waals surface area (Å²) in [6.45, 7) is 6.20. The Morgan fingerprint density at radius 2 is 2.11 bits per heavy atom. The molecule has 0 bridgehead atoms. The van der Waals surface area contributed by atoms with Crippen LogP contribution in [0, 0.1) is 12.7 Å². The van der Waals surface area contributed by atoms with Crippen LogP contribution in [0.25, 0.3) is 0 Å². The average Bonchev–Trinajstić information content (AvgIpc) is 3.00. The number of hydrogen-bond donors (Lipinski definition) is 2. The lowest BCUT2D eigenvalue weighted by atomic mass is 10.1. The van der Waals surface area contributed by atoms with Crippen molar-refractivity contribution in [2.24, 2.45) is 4.99 Å². The molecule has 0 aliphatic carbocycles. The van der Waals surface area contributed by atoms with E-state index >= 15 is 0 Å². The Hall–Kier alpha value is -1.26. The number of halogens is 2. The van der Waals surface area contributed by atoms with Gasteiger partial charge in [-0.2, -0.15) is 0 Å². The molecule has 0 amide bonds. The van der Waals surface area contributed by atoms with Crippen LogP contribution in [0.3, 0.4) is 0 Å². The van der Waals surface area contributed by atoms with Crippen LogP contribution in [0.1, 0.15) is 28.4 Å². The standard InChI is InChI=1S/C19H28FN5S.HI/c1-5-21-19(22-10-9-18-23-12-14(2)26-18)24-13-17(25(3)4)15-7-6-8-16(20)11-15;/h6-8,11-12,17H,5,9-10,13H2,1-4H3,(H2,21,22,24);1H. The van der Waals surface area contributed by atoms with Gasteiger partial charge >= 0.3 is 0 Å². The number of aliphatic imine (C=N–C) groups is 1. The molecule has 2 rings (SSSR count). The van der Waals surface area contributed by atoms with Gasteiger partial charge in [-0.25, -0.2) is 9.37 Å². The second-order valence-electron chi connectivity index (χ2n) is 6.30. The van der Waals surface area contributed by atoms with E-state index in [0.29, 0.717) is 6.54 Å². The average molecular weight is 505 g/mol. The number of nitrogens with zero attached hydrogens (tertiary/aromatic N) is 3. The van der Waals surface area contributed by atoms with Crippen molar-refractivity contribution in [1.29, 1.82) is 0 Å². The zero-order valence-electron chi connectivity index (χ0n) is 16.3. The Kier molecular flexibility index (Phi) is 10.8. The highest BCUT2D eigenvalue weighted by molar-refractivity contribution is 14.0. The SMILES string of the molecule is CCNC(=NCC(c1cccc(F)c1)N(C)C)NCCc1ncc(C)s1.I. The third-order valence-electron chi connectivity index (χ3n) is 3.92. The van der Waals surface area contributed by atoms with Crippen LogP contribution in [0.2, 0.25) is 0 Å². The van der Waals surface area contributed by atoms with E-state index in [-0.39, 0.29) is 35.8 Å². The van der Waals surface area contributed by atoms with Crippen molar-refractivity contribution < 1.29 is 4.39 Å². The van der Waals surface area contributed by atoms with Crippen LogP contribution in [-0.4, -0.2) is 49.6 Å². The molecule has 1 unspecified atom stereocenters. The molecule has 150 valence electrons. The molecule has 1 heterocycles. The zero-order valence-corrected chi connectivity index (χ0v) is 19.5. The van der Waals surface area contributed by atoms with Crippen molar-refractivity contribution in [3.05, 3.63) is 51.7 Å². The van der Waals surface area contributed by atoms with Crippen molar-refractivity contribution in [2.45, 2.75) is 26.3 Å². The molecule has 0 radical (unpaired) electrons. The monoisotopic (exact) mass is 505 g/mol. The van der Waals surface area contributed by atoms with Crippen LogP contribution < -0.4 is 10.6 Å². The van der Waals surface area contributed by atoms with E-state index in [1.807, 2.05) is 33.3 Å². The van der Waals surface area contributed by atoms with E-state index in [1.54, 1.807) is 23.5 Å². The van der Waals surface area contributed by atoms with Gasteiger partial charge < -0.3 is 15.5 Å². The molecule has 0 saturated carbocycles. The Morgan fingerprint density at radius 1 is 1.33 bits per heavy atom. The van der Waals surface area contributed by atoms with Crippen molar-refractivity contribution >= 4 is 41.3 Å². The van der Waals surface area contributed by atoms with Gasteiger partial charge in [0.1, 0.15) is 5.82 Å². The van der Waals surface area contributed by atoms with Crippen molar-refractivity contribution in [3.63, 3.8) is 0 Å². The number of benzene rings is 1. The summed E-state index contributed by atoms with van der Waals surface area (Å²) in [6, 6.07) is 6.73. The highest BCUT2D eigenvalue weighted by Gasteiger charge is 2.14. The number of likely N-dealkylation sites (N-methyl/N-ethyl adjacent to an activating group) is 1. The summed E-state index contributed by atoms with van der Waals surface area (Å²) in [5.41, 5.74) is 0.924. The normalized spacial score (nSPS) is 12.6. The molecule has 0 aliphatic heterocycles. The topological polar surface area (TPSA) is 52.6 Å². The number of rotatable bonds is 8. The molecular formula is C19H29FIN5S. The van der Waals surface area contributed by atoms with E-state index in [2.05, 4.69) is 27.4 Å². The van der Waals surface area contributed by atoms with E-state index < -0.39 is 0 Å². The maximum absolute atomic E-state index is 13.6. The fourth-order valence-electron chi connectivity index (χ4n) is 2.61. The van der Waals surface area contributed by atoms with Crippen LogP contribution in [0.5, 0.6) is 0 Å². The first-order valence-electron chi connectivity index (χ1n) is 8.85. The maximum atomic E-state index is 13.6. The minimum Gasteiger partial charge on any atom is -0.357 e. The molecule has 0 fully saturated rings. The third kappa shape index (κ3) is 8.10. The highest BCUT2D eigenvalue weighted by Crippen LogP contribution is 2.19. The van der Waals surface area contributed by atoms with Crippen LogP contribution >= 0.6 is 35.3 Å². The molecule has 5 nitrogen and oxygen atoms in total. The second kappa shape index (κ2) is 12.2. The molecule has 1 aromatic heterocycles. The third-order valence-corrected chi connectivity index (χ3v) is 4.90. The van der Waals surface area contributed by atoms with Gasteiger partial charge in [0.05, 0.1) is 17.6 Å². The number of aryl methyl sites for hydroxylation is 1. The lowest BCUT2D eigenvalue weighted by molar-refractivity contribution is 0.305. The molecule has 1 atom stereocenters. The molecule has 0 aliphatic rings. The first-order valence-corrected chi connectivity index (χ1v) is 9.66. The van der Waals surface area contributed by atoms with E-state index in [0.717, 1.165) is 36.0 Å². The molecular weight excluding hydrogens is 476 g/mol. The van der Waals surface area contributed by atoms with E-state index in [9.17, 15) is 4.39 Å². The summed E-state index contributed by atoms with van der Waals surface area (Å²) >= 11 is 1.72. The van der Waals surface area contributed by atoms with Gasteiger partial charge in [0.2, 0.25) is 0 Å². The minimum absolute atomic E-state index is 0. The predicted octanol–water partition coefficient (Wildman–Crippen LogP) is 3.61. The number of aromatic nitrogens is 1. The first kappa shape index (κ1) is 23.8. The number of nitrogens with one attached hydrogen (secondary N) is 2. The summed E-state index contributed by atoms with van der Waals surface area (Å²) in [7, 11) is 3.96. The van der Waals surface area contributed by atoms with Gasteiger partial charge in [-0.1, -0.05) is 12.1 Å². The van der Waals surface area contributed by atoms with Gasteiger partial charge in [-0.05, 0) is 45.6 Å². The van der Waals surface area contributed by atoms with Gasteiger partial charge in [-0.3, -0.25) is 4.99 Å². The zero-order chi connectivity index (χ0) is 18.9. The molecule has 0 saturated heterocycles. The summed E-state index contributed by atoms with van der Waals surface area (Å²) < 4.78 is 13.6. The smallest absolute Gasteiger partial charge is 0.191 e. The minimum atomic E-state index is -0.220. The second-order valence-corrected chi connectivity index (χ2v) is 7.61. The Labute approximate surface area is 182 Å². The molecule has 2 N–H and O–H groups in total. The highest BCUT2D eigenvalue weighted by atomic mass is 127. The number of thiazole rings is 1. The largest absolute Gasteiger partial charge is 0.357 e. The number of hydrogen-bond acceptors (Lipinski definition) is 4. The van der Waals surface area contributed by atoms with Crippen molar-refractivity contribution in [2.75, 3.05) is 33.7 Å². The van der Waals surface area contributed by atoms with Gasteiger partial charge in [-0.15, -0.1) is 35.3 Å². The molecule has 27 heavy (non-hydrogen) atoms. The molecule has 1 aromatic carbocycles. The first-order chi connectivity index (χ1) is 12.5. The summed E-state index contributed by atoms with van der Waals surface area (Å²) in [5, 5.41) is 7.73. The summed E-state index contributed by atoms with van der Waals surface area (Å²) in [4.78, 5) is 12.4. The lowest BCUT2D eigenvalue weighted by Crippen LogP contribution is -2.39. The van der Waals surface area contributed by atoms with Gasteiger partial charge in [0, 0.05) is 30.6 Å². The lowest BCUT2D eigenvalue weighted by Gasteiger charge is -2.23. The summed E-state index contributed by atoms with van der Waals surface area (Å²) in [5.74, 6) is 0.547. The number of guanidine groups is 1. The fraction of sp³-hybridized carbons (Fsp3) is 0.474. The van der Waals surface area contributed by atoms with Crippen LogP contribution in [0.15, 0.2) is 35.5 Å². The molecule has 2 aromatic rings. The Morgan fingerprint density at radius 3 is 2.70 bits per heavy atom. The Balaban J connectivity index is 0.00000364. The predicted molar refractivity (Wildman–Crippen MR) is 123 cm³/mol. The quantitative estimate of drug-likeness (QED) is 0.327. The maximum Gasteiger partial charge on any atom is 0.191 e. The van der Waals surface area contributed by atoms with Crippen molar-refractivity contribution in [3.8, 4) is 0 Å². The van der Waals surface area contributed by atoms with Crippen LogP contribution in [0.4, 0.5) is 4.39 Å². The van der Waals surface area contributed by atoms with Crippen molar-refractivity contribution in [1.82, 2.24) is 20.5 Å². The molecule has 0 spiro atoms. The van der Waals surface area contributed by atoms with E-state index in [1.165, 1.54) is 10.9 Å². The van der Waals surface area contributed by atoms with Gasteiger partial charge in [0.15, 0.2) is 5.96 Å². The molecule has 8 heteroatoms.